The third-order valence-corrected chi connectivity index (χ3v) is 3.32. The van der Waals surface area contributed by atoms with Gasteiger partial charge in [-0.15, -0.1) is 0 Å². The van der Waals surface area contributed by atoms with E-state index in [1.807, 2.05) is 4.72 Å². The van der Waals surface area contributed by atoms with E-state index in [1.54, 1.807) is 0 Å². The van der Waals surface area contributed by atoms with Crippen LogP contribution in [-0.2, 0) is 14.8 Å². The third kappa shape index (κ3) is 3.04. The number of amides is 1. The highest BCUT2D eigenvalue weighted by Gasteiger charge is 2.23. The maximum atomic E-state index is 11.6. The van der Waals surface area contributed by atoms with E-state index in [1.165, 1.54) is 6.92 Å². The first-order valence-corrected chi connectivity index (χ1v) is 5.84. The van der Waals surface area contributed by atoms with E-state index in [0.717, 1.165) is 6.07 Å². The van der Waals surface area contributed by atoms with Gasteiger partial charge in [0.2, 0.25) is 21.7 Å². The van der Waals surface area contributed by atoms with Crippen LogP contribution in [0.3, 0.4) is 0 Å². The summed E-state index contributed by atoms with van der Waals surface area (Å²) in [7, 11) is -4.01. The predicted molar refractivity (Wildman–Crippen MR) is 54.8 cm³/mol. The van der Waals surface area contributed by atoms with Crippen LogP contribution in [0.4, 0.5) is 0 Å². The topological polar surface area (TPSA) is 140 Å². The molecule has 0 aliphatic heterocycles. The van der Waals surface area contributed by atoms with E-state index < -0.39 is 34.2 Å². The Morgan fingerprint density at radius 1 is 1.53 bits per heavy atom. The number of aromatic carboxylic acids is 1. The largest absolute Gasteiger partial charge is 0.475 e. The molecule has 0 radical (unpaired) electrons. The number of carbonyl (C=O) groups excluding carboxylic acids is 1. The average molecular weight is 262 g/mol. The summed E-state index contributed by atoms with van der Waals surface area (Å²) in [5.74, 6) is -2.82. The summed E-state index contributed by atoms with van der Waals surface area (Å²) < 4.78 is 29.9. The van der Waals surface area contributed by atoms with Crippen LogP contribution in [0, 0.1) is 6.92 Å². The molecule has 1 aromatic rings. The summed E-state index contributed by atoms with van der Waals surface area (Å²) in [5.41, 5.74) is 4.79. The van der Waals surface area contributed by atoms with Crippen LogP contribution in [0.1, 0.15) is 16.3 Å². The second-order valence-electron chi connectivity index (χ2n) is 3.13. The van der Waals surface area contributed by atoms with Crippen LogP contribution < -0.4 is 10.5 Å². The summed E-state index contributed by atoms with van der Waals surface area (Å²) in [4.78, 5) is 20.7. The van der Waals surface area contributed by atoms with Crippen molar-refractivity contribution < 1.29 is 27.5 Å². The Morgan fingerprint density at radius 3 is 2.53 bits per heavy atom. The van der Waals surface area contributed by atoms with Gasteiger partial charge in [0.25, 0.3) is 0 Å². The molecule has 8 nitrogen and oxygen atoms in total. The van der Waals surface area contributed by atoms with Crippen molar-refractivity contribution in [3.8, 4) is 0 Å². The Balaban J connectivity index is 3.07. The Hall–Kier alpha value is -1.87. The van der Waals surface area contributed by atoms with E-state index in [4.69, 9.17) is 15.3 Å². The van der Waals surface area contributed by atoms with Crippen LogP contribution in [0.5, 0.6) is 0 Å². The molecule has 0 bridgehead atoms. The lowest BCUT2D eigenvalue weighted by Crippen LogP contribution is -2.33. The first-order valence-electron chi connectivity index (χ1n) is 4.35. The molecule has 1 aromatic heterocycles. The molecule has 1 heterocycles. The second kappa shape index (κ2) is 4.55. The van der Waals surface area contributed by atoms with Crippen molar-refractivity contribution >= 4 is 21.9 Å². The molecular formula is C8H10N2O6S. The second-order valence-corrected chi connectivity index (χ2v) is 4.86. The first-order chi connectivity index (χ1) is 7.74. The van der Waals surface area contributed by atoms with Gasteiger partial charge in [0.05, 0.1) is 6.54 Å². The van der Waals surface area contributed by atoms with Gasteiger partial charge < -0.3 is 15.3 Å². The smallest absolute Gasteiger partial charge is 0.371 e. The maximum absolute atomic E-state index is 11.6. The molecule has 0 aromatic carbocycles. The number of primary amides is 1. The molecule has 9 heteroatoms. The standard InChI is InChI=1S/C8H10N2O6S/c1-4-6(2-5(16-4)8(12)13)17(14,15)10-3-7(9)11/h2,10H,3H2,1H3,(H2,9,11)(H,12,13). The number of furan rings is 1. The molecule has 0 unspecified atom stereocenters. The number of carboxylic acid groups (broad SMARTS) is 1. The van der Waals surface area contributed by atoms with Crippen molar-refractivity contribution in [2.45, 2.75) is 11.8 Å². The van der Waals surface area contributed by atoms with Crippen LogP contribution in [0.15, 0.2) is 15.4 Å². The minimum absolute atomic E-state index is 0.0839. The maximum Gasteiger partial charge on any atom is 0.371 e. The van der Waals surface area contributed by atoms with E-state index in [0.29, 0.717) is 0 Å². The zero-order chi connectivity index (χ0) is 13.2. The molecule has 1 amide bonds. The number of rotatable bonds is 5. The third-order valence-electron chi connectivity index (χ3n) is 1.81. The van der Waals surface area contributed by atoms with Gasteiger partial charge >= 0.3 is 5.97 Å². The van der Waals surface area contributed by atoms with Crippen LogP contribution in [0.2, 0.25) is 0 Å². The fourth-order valence-corrected chi connectivity index (χ4v) is 2.25. The van der Waals surface area contributed by atoms with Gasteiger partial charge in [-0.3, -0.25) is 4.79 Å². The van der Waals surface area contributed by atoms with Crippen LogP contribution in [0.25, 0.3) is 0 Å². The monoisotopic (exact) mass is 262 g/mol. The van der Waals surface area contributed by atoms with E-state index in [9.17, 15) is 18.0 Å². The van der Waals surface area contributed by atoms with E-state index in [-0.39, 0.29) is 10.7 Å². The Morgan fingerprint density at radius 2 is 2.12 bits per heavy atom. The molecule has 0 saturated heterocycles. The fourth-order valence-electron chi connectivity index (χ4n) is 1.08. The van der Waals surface area contributed by atoms with Gasteiger partial charge in [0, 0.05) is 6.07 Å². The molecule has 94 valence electrons. The lowest BCUT2D eigenvalue weighted by atomic mass is 10.4. The molecule has 0 aliphatic carbocycles. The number of hydrogen-bond acceptors (Lipinski definition) is 5. The Kier molecular flexibility index (Phi) is 3.53. The summed E-state index contributed by atoms with van der Waals surface area (Å²) in [6, 6.07) is 0.862. The summed E-state index contributed by atoms with van der Waals surface area (Å²) >= 11 is 0. The van der Waals surface area contributed by atoms with Gasteiger partial charge in [0.15, 0.2) is 0 Å². The predicted octanol–water partition coefficient (Wildman–Crippen LogP) is -0.950. The van der Waals surface area contributed by atoms with E-state index in [2.05, 4.69) is 0 Å². The number of hydrogen-bond donors (Lipinski definition) is 3. The zero-order valence-corrected chi connectivity index (χ0v) is 9.58. The number of nitrogens with one attached hydrogen (secondary N) is 1. The Bertz CT molecular complexity index is 559. The highest BCUT2D eigenvalue weighted by molar-refractivity contribution is 7.89. The van der Waals surface area contributed by atoms with Gasteiger partial charge in [-0.25, -0.2) is 17.9 Å². The lowest BCUT2D eigenvalue weighted by molar-refractivity contribution is -0.116. The van der Waals surface area contributed by atoms with Crippen molar-refractivity contribution in [1.82, 2.24) is 4.72 Å². The summed E-state index contributed by atoms with van der Waals surface area (Å²) in [6.45, 7) is 0.723. The van der Waals surface area contributed by atoms with Crippen molar-refractivity contribution in [3.05, 3.63) is 17.6 Å². The number of aryl methyl sites for hydroxylation is 1. The normalized spacial score (nSPS) is 11.4. The first kappa shape index (κ1) is 13.2. The molecule has 0 saturated carbocycles. The molecule has 0 atom stereocenters. The van der Waals surface area contributed by atoms with Gasteiger partial charge in [-0.1, -0.05) is 0 Å². The van der Waals surface area contributed by atoms with Gasteiger partial charge in [0.1, 0.15) is 10.7 Å². The SMILES string of the molecule is Cc1oc(C(=O)O)cc1S(=O)(=O)NCC(N)=O. The highest BCUT2D eigenvalue weighted by atomic mass is 32.2. The zero-order valence-electron chi connectivity index (χ0n) is 8.76. The highest BCUT2D eigenvalue weighted by Crippen LogP contribution is 2.19. The van der Waals surface area contributed by atoms with Crippen molar-refractivity contribution in [2.24, 2.45) is 5.73 Å². The molecule has 0 aliphatic rings. The van der Waals surface area contributed by atoms with Crippen LogP contribution >= 0.6 is 0 Å². The molecule has 0 spiro atoms. The Labute approximate surface area is 96.5 Å². The van der Waals surface area contributed by atoms with Crippen LogP contribution in [-0.4, -0.2) is 31.9 Å². The molecule has 0 fully saturated rings. The minimum Gasteiger partial charge on any atom is -0.475 e. The van der Waals surface area contributed by atoms with Crippen molar-refractivity contribution in [3.63, 3.8) is 0 Å². The quantitative estimate of drug-likeness (QED) is 0.625. The number of nitrogens with two attached hydrogens (primary N) is 1. The van der Waals surface area contributed by atoms with E-state index >= 15 is 0 Å². The number of sulfonamides is 1. The molecule has 4 N–H and O–H groups in total. The minimum atomic E-state index is -4.01. The molecule has 1 rings (SSSR count). The molecular weight excluding hydrogens is 252 g/mol. The van der Waals surface area contributed by atoms with Gasteiger partial charge in [-0.05, 0) is 6.92 Å². The van der Waals surface area contributed by atoms with Gasteiger partial charge in [-0.2, -0.15) is 0 Å². The number of carbonyl (C=O) groups is 2. The summed E-state index contributed by atoms with van der Waals surface area (Å²) in [6.07, 6.45) is 0. The fraction of sp³-hybridized carbons (Fsp3) is 0.250. The lowest BCUT2D eigenvalue weighted by Gasteiger charge is -2.02. The van der Waals surface area contributed by atoms with Crippen molar-refractivity contribution in [1.29, 1.82) is 0 Å². The number of carboxylic acids is 1. The summed E-state index contributed by atoms with van der Waals surface area (Å²) in [5, 5.41) is 8.62. The average Bonchev–Trinajstić information content (AvgIpc) is 2.58. The molecule has 17 heavy (non-hydrogen) atoms. The van der Waals surface area contributed by atoms with Crippen molar-refractivity contribution in [2.75, 3.05) is 6.54 Å².